The van der Waals surface area contributed by atoms with Crippen LogP contribution in [-0.4, -0.2) is 11.0 Å². The van der Waals surface area contributed by atoms with Gasteiger partial charge in [0.2, 0.25) is 0 Å². The van der Waals surface area contributed by atoms with Crippen LogP contribution in [0.5, 0.6) is 0 Å². The van der Waals surface area contributed by atoms with Gasteiger partial charge in [-0.1, -0.05) is 36.4 Å². The SMILES string of the molecule is c1ccc2c(c1)CCC(NCc1ccc3cc[nH]c3c1)C2. The van der Waals surface area contributed by atoms with E-state index in [1.807, 2.05) is 6.20 Å². The van der Waals surface area contributed by atoms with Crippen molar-refractivity contribution in [3.63, 3.8) is 0 Å². The lowest BCUT2D eigenvalue weighted by Crippen LogP contribution is -2.34. The summed E-state index contributed by atoms with van der Waals surface area (Å²) in [6.45, 7) is 0.946. The minimum Gasteiger partial charge on any atom is -0.361 e. The van der Waals surface area contributed by atoms with E-state index in [1.165, 1.54) is 40.4 Å². The minimum absolute atomic E-state index is 0.597. The zero-order chi connectivity index (χ0) is 14.1. The van der Waals surface area contributed by atoms with Gasteiger partial charge in [0, 0.05) is 24.3 Å². The molecular formula is C19H20N2. The third kappa shape index (κ3) is 2.59. The van der Waals surface area contributed by atoms with Crippen molar-refractivity contribution >= 4 is 10.9 Å². The van der Waals surface area contributed by atoms with E-state index in [2.05, 4.69) is 58.8 Å². The van der Waals surface area contributed by atoms with Crippen LogP contribution in [0.15, 0.2) is 54.7 Å². The molecule has 0 fully saturated rings. The fraction of sp³-hybridized carbons (Fsp3) is 0.263. The molecular weight excluding hydrogens is 256 g/mol. The zero-order valence-corrected chi connectivity index (χ0v) is 12.1. The normalized spacial score (nSPS) is 17.8. The molecule has 0 radical (unpaired) electrons. The Labute approximate surface area is 125 Å². The predicted octanol–water partition coefficient (Wildman–Crippen LogP) is 3.82. The van der Waals surface area contributed by atoms with Gasteiger partial charge in [0.25, 0.3) is 0 Å². The van der Waals surface area contributed by atoms with E-state index >= 15 is 0 Å². The Morgan fingerprint density at radius 2 is 1.95 bits per heavy atom. The molecule has 1 atom stereocenters. The molecule has 1 aliphatic carbocycles. The molecule has 0 bridgehead atoms. The van der Waals surface area contributed by atoms with E-state index in [0.29, 0.717) is 6.04 Å². The number of H-pyrrole nitrogens is 1. The Bertz CT molecular complexity index is 757. The van der Waals surface area contributed by atoms with Crippen molar-refractivity contribution in [1.82, 2.24) is 10.3 Å². The first-order valence-electron chi connectivity index (χ1n) is 7.75. The summed E-state index contributed by atoms with van der Waals surface area (Å²) < 4.78 is 0. The van der Waals surface area contributed by atoms with Crippen molar-refractivity contribution in [2.75, 3.05) is 0 Å². The third-order valence-corrected chi connectivity index (χ3v) is 4.56. The fourth-order valence-electron chi connectivity index (χ4n) is 3.34. The number of nitrogens with one attached hydrogen (secondary N) is 2. The molecule has 4 rings (SSSR count). The van der Waals surface area contributed by atoms with Crippen molar-refractivity contribution in [3.8, 4) is 0 Å². The average Bonchev–Trinajstić information content (AvgIpc) is 3.00. The van der Waals surface area contributed by atoms with Crippen LogP contribution in [0.1, 0.15) is 23.1 Å². The first-order chi connectivity index (χ1) is 10.4. The van der Waals surface area contributed by atoms with E-state index in [1.54, 1.807) is 0 Å². The van der Waals surface area contributed by atoms with Crippen LogP contribution in [0.4, 0.5) is 0 Å². The number of hydrogen-bond donors (Lipinski definition) is 2. The summed E-state index contributed by atoms with van der Waals surface area (Å²) in [6, 6.07) is 18.2. The highest BCUT2D eigenvalue weighted by molar-refractivity contribution is 5.79. The number of hydrogen-bond acceptors (Lipinski definition) is 1. The second-order valence-corrected chi connectivity index (χ2v) is 5.99. The van der Waals surface area contributed by atoms with Gasteiger partial charge in [-0.3, -0.25) is 0 Å². The second-order valence-electron chi connectivity index (χ2n) is 5.99. The molecule has 3 aromatic rings. The zero-order valence-electron chi connectivity index (χ0n) is 12.1. The molecule has 0 spiro atoms. The highest BCUT2D eigenvalue weighted by atomic mass is 14.9. The molecule has 1 aromatic heterocycles. The molecule has 1 unspecified atom stereocenters. The topological polar surface area (TPSA) is 27.8 Å². The van der Waals surface area contributed by atoms with Gasteiger partial charge in [-0.2, -0.15) is 0 Å². The van der Waals surface area contributed by atoms with Crippen molar-refractivity contribution in [3.05, 3.63) is 71.4 Å². The number of aryl methyl sites for hydroxylation is 1. The minimum atomic E-state index is 0.597. The molecule has 0 aliphatic heterocycles. The van der Waals surface area contributed by atoms with Gasteiger partial charge in [-0.25, -0.2) is 0 Å². The van der Waals surface area contributed by atoms with Crippen LogP contribution in [-0.2, 0) is 19.4 Å². The first kappa shape index (κ1) is 12.7. The Balaban J connectivity index is 1.43. The van der Waals surface area contributed by atoms with Crippen LogP contribution in [0.3, 0.4) is 0 Å². The van der Waals surface area contributed by atoms with Crippen molar-refractivity contribution in [2.24, 2.45) is 0 Å². The summed E-state index contributed by atoms with van der Waals surface area (Å²) in [5.41, 5.74) is 5.62. The quantitative estimate of drug-likeness (QED) is 0.748. The molecule has 2 heteroatoms. The number of aromatic amines is 1. The Morgan fingerprint density at radius 3 is 2.90 bits per heavy atom. The maximum atomic E-state index is 3.72. The van der Waals surface area contributed by atoms with Gasteiger partial charge in [0.05, 0.1) is 0 Å². The lowest BCUT2D eigenvalue weighted by molar-refractivity contribution is 0.458. The molecule has 1 heterocycles. The molecule has 0 saturated heterocycles. The van der Waals surface area contributed by atoms with E-state index in [0.717, 1.165) is 13.0 Å². The summed E-state index contributed by atoms with van der Waals surface area (Å²) >= 11 is 0. The lowest BCUT2D eigenvalue weighted by Gasteiger charge is -2.25. The Morgan fingerprint density at radius 1 is 1.05 bits per heavy atom. The first-order valence-corrected chi connectivity index (χ1v) is 7.75. The van der Waals surface area contributed by atoms with E-state index < -0.39 is 0 Å². The molecule has 21 heavy (non-hydrogen) atoms. The monoisotopic (exact) mass is 276 g/mol. The van der Waals surface area contributed by atoms with Gasteiger partial charge >= 0.3 is 0 Å². The standard InChI is InChI=1S/C19H20N2/c1-2-4-17-12-18(8-7-15(17)3-1)21-13-14-5-6-16-9-10-20-19(16)11-14/h1-6,9-11,18,20-21H,7-8,12-13H2. The van der Waals surface area contributed by atoms with Crippen LogP contribution in [0.2, 0.25) is 0 Å². The summed E-state index contributed by atoms with van der Waals surface area (Å²) in [4.78, 5) is 3.28. The van der Waals surface area contributed by atoms with Crippen molar-refractivity contribution in [2.45, 2.75) is 31.8 Å². The van der Waals surface area contributed by atoms with Gasteiger partial charge in [0.15, 0.2) is 0 Å². The summed E-state index contributed by atoms with van der Waals surface area (Å²) in [7, 11) is 0. The van der Waals surface area contributed by atoms with Gasteiger partial charge in [0.1, 0.15) is 0 Å². The van der Waals surface area contributed by atoms with Crippen LogP contribution in [0, 0.1) is 0 Å². The molecule has 1 aliphatic rings. The van der Waals surface area contributed by atoms with Gasteiger partial charge in [-0.05, 0) is 53.5 Å². The largest absolute Gasteiger partial charge is 0.361 e. The van der Waals surface area contributed by atoms with E-state index in [4.69, 9.17) is 0 Å². The average molecular weight is 276 g/mol. The highest BCUT2D eigenvalue weighted by Gasteiger charge is 2.17. The molecule has 106 valence electrons. The smallest absolute Gasteiger partial charge is 0.0457 e. The predicted molar refractivity (Wildman–Crippen MR) is 87.4 cm³/mol. The van der Waals surface area contributed by atoms with Gasteiger partial charge in [-0.15, -0.1) is 0 Å². The van der Waals surface area contributed by atoms with Crippen molar-refractivity contribution in [1.29, 1.82) is 0 Å². The second kappa shape index (κ2) is 5.38. The maximum absolute atomic E-state index is 3.72. The molecule has 0 amide bonds. The Hall–Kier alpha value is -2.06. The summed E-state index contributed by atoms with van der Waals surface area (Å²) in [6.07, 6.45) is 5.59. The van der Waals surface area contributed by atoms with E-state index in [9.17, 15) is 0 Å². The molecule has 2 N–H and O–H groups in total. The lowest BCUT2D eigenvalue weighted by atomic mass is 9.88. The number of fused-ring (bicyclic) bond motifs is 2. The van der Waals surface area contributed by atoms with Crippen LogP contribution < -0.4 is 5.32 Å². The summed E-state index contributed by atoms with van der Waals surface area (Å²) in [5.74, 6) is 0. The fourth-order valence-corrected chi connectivity index (χ4v) is 3.34. The summed E-state index contributed by atoms with van der Waals surface area (Å²) in [5, 5.41) is 5.00. The molecule has 2 aromatic carbocycles. The number of aromatic nitrogens is 1. The van der Waals surface area contributed by atoms with Gasteiger partial charge < -0.3 is 10.3 Å². The van der Waals surface area contributed by atoms with Crippen LogP contribution >= 0.6 is 0 Å². The molecule has 0 saturated carbocycles. The van der Waals surface area contributed by atoms with Crippen LogP contribution in [0.25, 0.3) is 10.9 Å². The number of benzene rings is 2. The molecule has 2 nitrogen and oxygen atoms in total. The maximum Gasteiger partial charge on any atom is 0.0457 e. The third-order valence-electron chi connectivity index (χ3n) is 4.56. The van der Waals surface area contributed by atoms with Crippen molar-refractivity contribution < 1.29 is 0 Å². The highest BCUT2D eigenvalue weighted by Crippen LogP contribution is 2.21. The number of rotatable bonds is 3. The van der Waals surface area contributed by atoms with E-state index in [-0.39, 0.29) is 0 Å². The Kier molecular flexibility index (Phi) is 3.24.